The molecule has 0 unspecified atom stereocenters. The highest BCUT2D eigenvalue weighted by Gasteiger charge is 2.33. The van der Waals surface area contributed by atoms with Crippen LogP contribution in [-0.4, -0.2) is 24.4 Å². The highest BCUT2D eigenvalue weighted by molar-refractivity contribution is 6.02. The van der Waals surface area contributed by atoms with Gasteiger partial charge in [0.1, 0.15) is 6.04 Å². The largest absolute Gasteiger partial charge is 0.374 e. The normalized spacial score (nSPS) is 17.0. The summed E-state index contributed by atoms with van der Waals surface area (Å²) in [6, 6.07) is 10.8. The summed E-state index contributed by atoms with van der Waals surface area (Å²) in [5, 5.41) is 3.26. The minimum Gasteiger partial charge on any atom is -0.374 e. The Hall–Kier alpha value is -2.82. The number of rotatable bonds is 4. The first-order valence-corrected chi connectivity index (χ1v) is 8.42. The first-order chi connectivity index (χ1) is 11.9. The summed E-state index contributed by atoms with van der Waals surface area (Å²) in [7, 11) is 0. The maximum atomic E-state index is 12.9. The van der Waals surface area contributed by atoms with Crippen LogP contribution in [0.5, 0.6) is 0 Å². The van der Waals surface area contributed by atoms with Crippen molar-refractivity contribution >= 4 is 23.2 Å². The van der Waals surface area contributed by atoms with E-state index in [4.69, 9.17) is 5.73 Å². The molecule has 0 saturated carbocycles. The SMILES string of the molecule is Cc1cc(C)c(N2CC[C@@H](Nc3ccc(C(N)=O)cc3)C2=O)c(C)c1. The highest BCUT2D eigenvalue weighted by atomic mass is 16.2. The summed E-state index contributed by atoms with van der Waals surface area (Å²) >= 11 is 0. The average molecular weight is 337 g/mol. The minimum absolute atomic E-state index is 0.0778. The van der Waals surface area contributed by atoms with E-state index < -0.39 is 5.91 Å². The van der Waals surface area contributed by atoms with Crippen LogP contribution < -0.4 is 16.0 Å². The zero-order valence-electron chi connectivity index (χ0n) is 14.8. The third-order valence-corrected chi connectivity index (χ3v) is 4.62. The van der Waals surface area contributed by atoms with Crippen LogP contribution >= 0.6 is 0 Å². The van der Waals surface area contributed by atoms with Gasteiger partial charge in [0.25, 0.3) is 0 Å². The van der Waals surface area contributed by atoms with E-state index in [1.54, 1.807) is 24.3 Å². The molecule has 1 aliphatic heterocycles. The smallest absolute Gasteiger partial charge is 0.249 e. The van der Waals surface area contributed by atoms with Gasteiger partial charge in [-0.05, 0) is 62.6 Å². The predicted molar refractivity (Wildman–Crippen MR) is 100.0 cm³/mol. The number of nitrogens with one attached hydrogen (secondary N) is 1. The number of anilines is 2. The molecule has 5 nitrogen and oxygen atoms in total. The van der Waals surface area contributed by atoms with Crippen molar-refractivity contribution in [2.24, 2.45) is 5.73 Å². The van der Waals surface area contributed by atoms with Crippen molar-refractivity contribution in [3.63, 3.8) is 0 Å². The third-order valence-electron chi connectivity index (χ3n) is 4.62. The summed E-state index contributed by atoms with van der Waals surface area (Å²) in [4.78, 5) is 25.9. The maximum absolute atomic E-state index is 12.9. The standard InChI is InChI=1S/C20H23N3O2/c1-12-10-13(2)18(14(3)11-12)23-9-8-17(20(23)25)22-16-6-4-15(5-7-16)19(21)24/h4-7,10-11,17,22H,8-9H2,1-3H3,(H2,21,24)/t17-/m1/s1. The molecule has 0 aliphatic carbocycles. The zero-order valence-corrected chi connectivity index (χ0v) is 14.8. The van der Waals surface area contributed by atoms with Crippen LogP contribution in [0.4, 0.5) is 11.4 Å². The molecule has 0 aromatic heterocycles. The maximum Gasteiger partial charge on any atom is 0.249 e. The molecule has 2 aromatic rings. The van der Waals surface area contributed by atoms with Gasteiger partial charge < -0.3 is 16.0 Å². The quantitative estimate of drug-likeness (QED) is 0.901. The number of carbonyl (C=O) groups excluding carboxylic acids is 2. The molecule has 0 bridgehead atoms. The van der Waals surface area contributed by atoms with Crippen LogP contribution in [0, 0.1) is 20.8 Å². The number of hydrogen-bond acceptors (Lipinski definition) is 3. The molecule has 5 heteroatoms. The lowest BCUT2D eigenvalue weighted by atomic mass is 10.0. The Labute approximate surface area is 147 Å². The Bertz CT molecular complexity index is 804. The molecule has 2 amide bonds. The van der Waals surface area contributed by atoms with Crippen LogP contribution in [0.25, 0.3) is 0 Å². The Balaban J connectivity index is 1.77. The van der Waals surface area contributed by atoms with Gasteiger partial charge >= 0.3 is 0 Å². The van der Waals surface area contributed by atoms with Crippen molar-refractivity contribution in [2.75, 3.05) is 16.8 Å². The van der Waals surface area contributed by atoms with Gasteiger partial charge in [0, 0.05) is 23.5 Å². The van der Waals surface area contributed by atoms with Gasteiger partial charge in [0.15, 0.2) is 0 Å². The van der Waals surface area contributed by atoms with Crippen molar-refractivity contribution in [1.29, 1.82) is 0 Å². The molecule has 3 N–H and O–H groups in total. The van der Waals surface area contributed by atoms with Crippen molar-refractivity contribution in [3.8, 4) is 0 Å². The van der Waals surface area contributed by atoms with Gasteiger partial charge in [-0.25, -0.2) is 0 Å². The van der Waals surface area contributed by atoms with E-state index in [1.165, 1.54) is 5.56 Å². The number of carbonyl (C=O) groups is 2. The van der Waals surface area contributed by atoms with E-state index in [0.29, 0.717) is 12.1 Å². The molecule has 2 aromatic carbocycles. The summed E-state index contributed by atoms with van der Waals surface area (Å²) in [5.74, 6) is -0.381. The fraction of sp³-hybridized carbons (Fsp3) is 0.300. The molecule has 0 radical (unpaired) electrons. The third kappa shape index (κ3) is 3.36. The van der Waals surface area contributed by atoms with Gasteiger partial charge in [-0.3, -0.25) is 9.59 Å². The first kappa shape index (κ1) is 17.0. The van der Waals surface area contributed by atoms with Crippen LogP contribution in [0.3, 0.4) is 0 Å². The van der Waals surface area contributed by atoms with E-state index in [2.05, 4.69) is 24.4 Å². The number of nitrogens with two attached hydrogens (primary N) is 1. The predicted octanol–water partition coefficient (Wildman–Crippen LogP) is 2.93. The monoisotopic (exact) mass is 337 g/mol. The number of hydrogen-bond donors (Lipinski definition) is 2. The lowest BCUT2D eigenvalue weighted by Crippen LogP contribution is -2.34. The molecule has 130 valence electrons. The lowest BCUT2D eigenvalue weighted by Gasteiger charge is -2.22. The number of amides is 2. The number of primary amides is 1. The fourth-order valence-electron chi connectivity index (χ4n) is 3.57. The molecule has 1 aliphatic rings. The molecule has 25 heavy (non-hydrogen) atoms. The topological polar surface area (TPSA) is 75.4 Å². The second-order valence-electron chi connectivity index (χ2n) is 6.66. The second-order valence-corrected chi connectivity index (χ2v) is 6.66. The summed E-state index contributed by atoms with van der Waals surface area (Å²) in [6.07, 6.45) is 0.739. The van der Waals surface area contributed by atoms with Crippen molar-refractivity contribution < 1.29 is 9.59 Å². The van der Waals surface area contributed by atoms with Gasteiger partial charge in [-0.15, -0.1) is 0 Å². The van der Waals surface area contributed by atoms with E-state index in [0.717, 1.165) is 28.9 Å². The summed E-state index contributed by atoms with van der Waals surface area (Å²) < 4.78 is 0. The first-order valence-electron chi connectivity index (χ1n) is 8.42. The van der Waals surface area contributed by atoms with Crippen LogP contribution in [-0.2, 0) is 4.79 Å². The second kappa shape index (κ2) is 6.59. The van der Waals surface area contributed by atoms with Crippen molar-refractivity contribution in [2.45, 2.75) is 33.2 Å². The molecule has 0 spiro atoms. The Kier molecular flexibility index (Phi) is 4.49. The average Bonchev–Trinajstić information content (AvgIpc) is 2.88. The Morgan fingerprint density at radius 2 is 1.72 bits per heavy atom. The van der Waals surface area contributed by atoms with Gasteiger partial charge in [0.05, 0.1) is 0 Å². The number of nitrogens with zero attached hydrogens (tertiary/aromatic N) is 1. The Morgan fingerprint density at radius 3 is 2.28 bits per heavy atom. The molecular weight excluding hydrogens is 314 g/mol. The van der Waals surface area contributed by atoms with E-state index in [1.807, 2.05) is 18.7 Å². The van der Waals surface area contributed by atoms with Crippen LogP contribution in [0.15, 0.2) is 36.4 Å². The van der Waals surface area contributed by atoms with Gasteiger partial charge in [0.2, 0.25) is 11.8 Å². The lowest BCUT2D eigenvalue weighted by molar-refractivity contribution is -0.117. The van der Waals surface area contributed by atoms with Gasteiger partial charge in [-0.1, -0.05) is 17.7 Å². The summed E-state index contributed by atoms with van der Waals surface area (Å²) in [6.45, 7) is 6.86. The van der Waals surface area contributed by atoms with Crippen molar-refractivity contribution in [3.05, 3.63) is 58.7 Å². The fourth-order valence-corrected chi connectivity index (χ4v) is 3.57. The van der Waals surface area contributed by atoms with Crippen molar-refractivity contribution in [1.82, 2.24) is 0 Å². The van der Waals surface area contributed by atoms with E-state index in [-0.39, 0.29) is 11.9 Å². The van der Waals surface area contributed by atoms with Crippen LogP contribution in [0.2, 0.25) is 0 Å². The zero-order chi connectivity index (χ0) is 18.1. The highest BCUT2D eigenvalue weighted by Crippen LogP contribution is 2.30. The van der Waals surface area contributed by atoms with E-state index in [9.17, 15) is 9.59 Å². The molecule has 1 saturated heterocycles. The molecule has 3 rings (SSSR count). The molecular formula is C20H23N3O2. The molecule has 1 heterocycles. The Morgan fingerprint density at radius 1 is 1.12 bits per heavy atom. The number of benzene rings is 2. The molecule has 1 atom stereocenters. The summed E-state index contributed by atoms with van der Waals surface area (Å²) in [5.41, 5.74) is 11.0. The molecule has 1 fully saturated rings. The minimum atomic E-state index is -0.458. The van der Waals surface area contributed by atoms with E-state index >= 15 is 0 Å². The van der Waals surface area contributed by atoms with Gasteiger partial charge in [-0.2, -0.15) is 0 Å². The number of aryl methyl sites for hydroxylation is 3. The van der Waals surface area contributed by atoms with Crippen LogP contribution in [0.1, 0.15) is 33.5 Å².